The highest BCUT2D eigenvalue weighted by Crippen LogP contribution is 2.54. The van der Waals surface area contributed by atoms with Crippen molar-refractivity contribution >= 4 is 46.4 Å². The molecule has 9 heteroatoms. The molecule has 26 heavy (non-hydrogen) atoms. The van der Waals surface area contributed by atoms with E-state index in [0.29, 0.717) is 16.4 Å². The minimum absolute atomic E-state index is 0.0191. The molecule has 1 amide bonds. The van der Waals surface area contributed by atoms with Crippen LogP contribution < -0.4 is 0 Å². The molecule has 3 N–H and O–H groups in total. The molecule has 0 radical (unpaired) electrons. The van der Waals surface area contributed by atoms with Gasteiger partial charge in [-0.15, -0.1) is 11.8 Å². The summed E-state index contributed by atoms with van der Waals surface area (Å²) in [4.78, 5) is 33.0. The number of carbonyl (C=O) groups excluding carboxylic acids is 1. The number of hydrogen-bond acceptors (Lipinski definition) is 6. The first-order valence-corrected chi connectivity index (χ1v) is 10.1. The van der Waals surface area contributed by atoms with Crippen molar-refractivity contribution in [2.45, 2.75) is 30.6 Å². The van der Waals surface area contributed by atoms with E-state index in [2.05, 4.69) is 9.97 Å². The van der Waals surface area contributed by atoms with E-state index < -0.39 is 18.0 Å². The van der Waals surface area contributed by atoms with Gasteiger partial charge in [0.05, 0.1) is 33.0 Å². The lowest BCUT2D eigenvalue weighted by atomic mass is 9.90. The zero-order valence-corrected chi connectivity index (χ0v) is 15.5. The monoisotopic (exact) mass is 391 g/mol. The number of β-lactam (4-membered cyclic amide) rings is 1. The van der Waals surface area contributed by atoms with Crippen molar-refractivity contribution in [3.05, 3.63) is 40.0 Å². The van der Waals surface area contributed by atoms with Crippen LogP contribution in [0.3, 0.4) is 0 Å². The zero-order chi connectivity index (χ0) is 18.4. The zero-order valence-electron chi connectivity index (χ0n) is 13.9. The maximum atomic E-state index is 12.3. The summed E-state index contributed by atoms with van der Waals surface area (Å²) >= 11 is 2.70. The number of thioether (sulfide) groups is 2. The van der Waals surface area contributed by atoms with Crippen LogP contribution in [0.15, 0.2) is 34.2 Å². The van der Waals surface area contributed by atoms with Crippen LogP contribution in [0.25, 0.3) is 11.0 Å². The predicted octanol–water partition coefficient (Wildman–Crippen LogP) is 2.35. The molecular weight excluding hydrogens is 374 g/mol. The SMILES string of the molecule is CC[C@H](O)[C@@H]1C(=O)N2C(C(=O)O)=C(SCc3nc4ccccc4[nH]3)SC12. The number of H-pyrrole nitrogens is 1. The van der Waals surface area contributed by atoms with Gasteiger partial charge < -0.3 is 15.2 Å². The Bertz CT molecular complexity index is 893. The van der Waals surface area contributed by atoms with Crippen LogP contribution in [0.1, 0.15) is 19.2 Å². The minimum Gasteiger partial charge on any atom is -0.477 e. The molecule has 7 nitrogen and oxygen atoms in total. The van der Waals surface area contributed by atoms with Gasteiger partial charge in [0.15, 0.2) is 5.70 Å². The number of aromatic nitrogens is 2. The molecule has 1 saturated heterocycles. The number of hydrogen-bond donors (Lipinski definition) is 3. The normalized spacial score (nSPS) is 23.3. The van der Waals surface area contributed by atoms with Crippen LogP contribution in [-0.2, 0) is 15.3 Å². The summed E-state index contributed by atoms with van der Waals surface area (Å²) in [5, 5.41) is 19.3. The number of aromatic amines is 1. The number of fused-ring (bicyclic) bond motifs is 2. The third-order valence-electron chi connectivity index (χ3n) is 4.56. The van der Waals surface area contributed by atoms with Crippen LogP contribution in [0.2, 0.25) is 0 Å². The highest BCUT2D eigenvalue weighted by Gasteiger charge is 2.58. The van der Waals surface area contributed by atoms with Gasteiger partial charge in [-0.1, -0.05) is 30.8 Å². The van der Waals surface area contributed by atoms with Crippen molar-refractivity contribution in [1.29, 1.82) is 0 Å². The van der Waals surface area contributed by atoms with Crippen molar-refractivity contribution in [1.82, 2.24) is 14.9 Å². The Morgan fingerprint density at radius 2 is 2.23 bits per heavy atom. The molecule has 3 atom stereocenters. The fraction of sp³-hybridized carbons (Fsp3) is 0.353. The molecule has 0 bridgehead atoms. The standard InChI is InChI=1S/C17H17N3O4S2/c1-2-10(21)12-14(22)20-13(16(23)24)17(26-15(12)20)25-7-11-18-8-5-3-4-6-9(8)19-11/h3-6,10,12,15,21H,2,7H2,1H3,(H,18,19)(H,23,24)/t10-,12+,15?/m0/s1. The van der Waals surface area contributed by atoms with Gasteiger partial charge in [-0.05, 0) is 18.6 Å². The number of rotatable bonds is 6. The minimum atomic E-state index is -1.12. The average Bonchev–Trinajstić information content (AvgIpc) is 3.18. The van der Waals surface area contributed by atoms with Crippen molar-refractivity contribution in [2.24, 2.45) is 5.92 Å². The molecule has 0 saturated carbocycles. The number of carboxylic acid groups (broad SMARTS) is 1. The summed E-state index contributed by atoms with van der Waals surface area (Å²) in [6, 6.07) is 7.68. The third kappa shape index (κ3) is 2.70. The molecule has 1 fully saturated rings. The van der Waals surface area contributed by atoms with E-state index in [1.807, 2.05) is 31.2 Å². The van der Waals surface area contributed by atoms with E-state index in [1.54, 1.807) is 0 Å². The number of imidazole rings is 1. The van der Waals surface area contributed by atoms with E-state index in [9.17, 15) is 19.8 Å². The summed E-state index contributed by atoms with van der Waals surface area (Å²) in [7, 11) is 0. The Balaban J connectivity index is 1.54. The number of nitrogens with zero attached hydrogens (tertiary/aromatic N) is 2. The lowest BCUT2D eigenvalue weighted by Gasteiger charge is -2.44. The number of carbonyl (C=O) groups is 2. The van der Waals surface area contributed by atoms with E-state index in [1.165, 1.54) is 28.4 Å². The lowest BCUT2D eigenvalue weighted by molar-refractivity contribution is -0.157. The number of amides is 1. The van der Waals surface area contributed by atoms with Crippen LogP contribution in [-0.4, -0.2) is 48.4 Å². The van der Waals surface area contributed by atoms with Gasteiger partial charge in [0.2, 0.25) is 5.91 Å². The smallest absolute Gasteiger partial charge is 0.354 e. The maximum Gasteiger partial charge on any atom is 0.354 e. The van der Waals surface area contributed by atoms with Crippen LogP contribution in [0.4, 0.5) is 0 Å². The van der Waals surface area contributed by atoms with Gasteiger partial charge in [-0.3, -0.25) is 9.69 Å². The molecule has 4 rings (SSSR count). The number of aliphatic carboxylic acids is 1. The van der Waals surface area contributed by atoms with Crippen molar-refractivity contribution < 1.29 is 19.8 Å². The van der Waals surface area contributed by atoms with Crippen LogP contribution in [0.5, 0.6) is 0 Å². The summed E-state index contributed by atoms with van der Waals surface area (Å²) < 4.78 is 0.585. The van der Waals surface area contributed by atoms with E-state index >= 15 is 0 Å². The number of para-hydroxylation sites is 2. The Kier molecular flexibility index (Phi) is 4.45. The molecule has 136 valence electrons. The van der Waals surface area contributed by atoms with Gasteiger partial charge in [0.1, 0.15) is 11.2 Å². The summed E-state index contributed by atoms with van der Waals surface area (Å²) in [5.41, 5.74) is 1.81. The van der Waals surface area contributed by atoms with Gasteiger partial charge in [-0.25, -0.2) is 9.78 Å². The number of aliphatic hydroxyl groups is 1. The second-order valence-electron chi connectivity index (χ2n) is 6.15. The van der Waals surface area contributed by atoms with Crippen molar-refractivity contribution in [2.75, 3.05) is 0 Å². The van der Waals surface area contributed by atoms with Crippen LogP contribution in [0, 0.1) is 5.92 Å². The van der Waals surface area contributed by atoms with Gasteiger partial charge in [-0.2, -0.15) is 0 Å². The highest BCUT2D eigenvalue weighted by molar-refractivity contribution is 8.22. The topological polar surface area (TPSA) is 107 Å². The summed E-state index contributed by atoms with van der Waals surface area (Å²) in [6.07, 6.45) is -0.281. The second-order valence-corrected chi connectivity index (χ2v) is 8.52. The lowest BCUT2D eigenvalue weighted by Crippen LogP contribution is -2.61. The van der Waals surface area contributed by atoms with Gasteiger partial charge in [0.25, 0.3) is 0 Å². The van der Waals surface area contributed by atoms with E-state index in [0.717, 1.165) is 16.9 Å². The summed E-state index contributed by atoms with van der Waals surface area (Å²) in [6.45, 7) is 1.81. The third-order valence-corrected chi connectivity index (χ3v) is 7.23. The first-order valence-electron chi connectivity index (χ1n) is 8.23. The number of carboxylic acids is 1. The quantitative estimate of drug-likeness (QED) is 0.649. The molecule has 1 aromatic carbocycles. The molecule has 2 aliphatic rings. The largest absolute Gasteiger partial charge is 0.477 e. The van der Waals surface area contributed by atoms with Crippen molar-refractivity contribution in [3.63, 3.8) is 0 Å². The maximum absolute atomic E-state index is 12.3. The number of aliphatic hydroxyl groups excluding tert-OH is 1. The predicted molar refractivity (Wildman–Crippen MR) is 100 cm³/mol. The highest BCUT2D eigenvalue weighted by atomic mass is 32.2. The van der Waals surface area contributed by atoms with Crippen molar-refractivity contribution in [3.8, 4) is 0 Å². The van der Waals surface area contributed by atoms with Gasteiger partial charge >= 0.3 is 5.97 Å². The Morgan fingerprint density at radius 3 is 2.92 bits per heavy atom. The first-order chi connectivity index (χ1) is 12.5. The molecule has 2 aromatic rings. The Labute approximate surface area is 157 Å². The molecule has 1 aromatic heterocycles. The Morgan fingerprint density at radius 1 is 1.46 bits per heavy atom. The molecule has 0 spiro atoms. The molecular formula is C17H17N3O4S2. The summed E-state index contributed by atoms with van der Waals surface area (Å²) in [5.74, 6) is -0.745. The molecule has 1 unspecified atom stereocenters. The molecule has 0 aliphatic carbocycles. The van der Waals surface area contributed by atoms with E-state index in [4.69, 9.17) is 0 Å². The van der Waals surface area contributed by atoms with Crippen LogP contribution >= 0.6 is 23.5 Å². The van der Waals surface area contributed by atoms with E-state index in [-0.39, 0.29) is 17.0 Å². The van der Waals surface area contributed by atoms with Gasteiger partial charge in [0, 0.05) is 0 Å². The number of nitrogens with one attached hydrogen (secondary N) is 1. The number of benzene rings is 1. The first kappa shape index (κ1) is 17.4. The molecule has 3 heterocycles. The fourth-order valence-electron chi connectivity index (χ4n) is 3.22. The second kappa shape index (κ2) is 6.64. The Hall–Kier alpha value is -1.97. The molecule has 2 aliphatic heterocycles. The fourth-order valence-corrected chi connectivity index (χ4v) is 5.97. The average molecular weight is 391 g/mol.